The van der Waals surface area contributed by atoms with Crippen LogP contribution < -0.4 is 4.90 Å². The quantitative estimate of drug-likeness (QED) is 0.293. The van der Waals surface area contributed by atoms with E-state index in [9.17, 15) is 13.2 Å². The van der Waals surface area contributed by atoms with Crippen molar-refractivity contribution in [1.82, 2.24) is 9.29 Å². The molecule has 3 aromatic carbocycles. The van der Waals surface area contributed by atoms with Crippen LogP contribution in [0.25, 0.3) is 10.2 Å². The molecule has 4 aromatic rings. The maximum atomic E-state index is 13.6. The molecule has 1 aliphatic rings. The number of halogens is 1. The predicted molar refractivity (Wildman–Crippen MR) is 139 cm³/mol. The molecular weight excluding hydrogens is 534 g/mol. The van der Waals surface area contributed by atoms with Crippen LogP contribution in [0.3, 0.4) is 0 Å². The van der Waals surface area contributed by atoms with E-state index in [1.165, 1.54) is 27.8 Å². The number of fused-ring (bicyclic) bond motifs is 1. The number of hydrogen-bond donors (Lipinski definition) is 0. The van der Waals surface area contributed by atoms with Gasteiger partial charge in [0.1, 0.15) is 0 Å². The molecule has 5 rings (SSSR count). The molecule has 0 atom stereocenters. The number of carbonyl (C=O) groups is 1. The molecule has 9 heteroatoms. The highest BCUT2D eigenvalue weighted by atomic mass is 79.9. The van der Waals surface area contributed by atoms with Crippen LogP contribution in [0.5, 0.6) is 0 Å². The number of hydrogen-bond acceptors (Lipinski definition) is 5. The van der Waals surface area contributed by atoms with Crippen molar-refractivity contribution < 1.29 is 13.2 Å². The van der Waals surface area contributed by atoms with Gasteiger partial charge in [0, 0.05) is 23.1 Å². The number of anilines is 1. The molecule has 1 fully saturated rings. The predicted octanol–water partition coefficient (Wildman–Crippen LogP) is 5.69. The van der Waals surface area contributed by atoms with Crippen molar-refractivity contribution in [2.24, 2.45) is 0 Å². The summed E-state index contributed by atoms with van der Waals surface area (Å²) >= 11 is 4.93. The van der Waals surface area contributed by atoms with Crippen molar-refractivity contribution in [3.05, 3.63) is 88.4 Å². The summed E-state index contributed by atoms with van der Waals surface area (Å²) in [5, 5.41) is 0.590. The number of amides is 1. The van der Waals surface area contributed by atoms with E-state index in [-0.39, 0.29) is 16.8 Å². The molecule has 1 heterocycles. The second-order valence-corrected chi connectivity index (χ2v) is 12.2. The summed E-state index contributed by atoms with van der Waals surface area (Å²) in [4.78, 5) is 20.2. The molecule has 0 aliphatic heterocycles. The number of carbonyl (C=O) groups excluding carboxylic acids is 1. The lowest BCUT2D eigenvalue weighted by Crippen LogP contribution is -2.31. The second kappa shape index (κ2) is 9.22. The van der Waals surface area contributed by atoms with Gasteiger partial charge in [0.2, 0.25) is 10.0 Å². The molecule has 1 aromatic heterocycles. The van der Waals surface area contributed by atoms with E-state index in [2.05, 4.69) is 15.9 Å². The van der Waals surface area contributed by atoms with Gasteiger partial charge in [0.05, 0.1) is 21.7 Å². The summed E-state index contributed by atoms with van der Waals surface area (Å²) in [5.41, 5.74) is 2.20. The lowest BCUT2D eigenvalue weighted by atomic mass is 10.1. The fraction of sp³-hybridized carbons (Fsp3) is 0.200. The highest BCUT2D eigenvalue weighted by Crippen LogP contribution is 2.33. The average Bonchev–Trinajstić information content (AvgIpc) is 3.61. The Balaban J connectivity index is 1.48. The molecule has 0 N–H and O–H groups in total. The van der Waals surface area contributed by atoms with Crippen molar-refractivity contribution in [3.63, 3.8) is 0 Å². The minimum Gasteiger partial charge on any atom is -0.279 e. The van der Waals surface area contributed by atoms with Crippen LogP contribution in [-0.2, 0) is 16.6 Å². The zero-order valence-corrected chi connectivity index (χ0v) is 21.6. The highest BCUT2D eigenvalue weighted by molar-refractivity contribution is 9.10. The number of benzene rings is 3. The Morgan fingerprint density at radius 3 is 2.44 bits per heavy atom. The molecule has 1 aliphatic carbocycles. The Bertz CT molecular complexity index is 1450. The summed E-state index contributed by atoms with van der Waals surface area (Å²) in [6, 6.07) is 21.8. The number of nitrogens with zero attached hydrogens (tertiary/aromatic N) is 3. The topological polar surface area (TPSA) is 70.6 Å². The van der Waals surface area contributed by atoms with Gasteiger partial charge in [-0.2, -0.15) is 4.31 Å². The molecular formula is C25H22BrN3O3S2. The van der Waals surface area contributed by atoms with Crippen LogP contribution in [0.1, 0.15) is 28.8 Å². The monoisotopic (exact) mass is 555 g/mol. The molecule has 6 nitrogen and oxygen atoms in total. The van der Waals surface area contributed by atoms with Gasteiger partial charge in [-0.1, -0.05) is 57.6 Å². The van der Waals surface area contributed by atoms with Crippen LogP contribution in [0, 0.1) is 0 Å². The molecule has 0 spiro atoms. The maximum Gasteiger partial charge on any atom is 0.260 e. The lowest BCUT2D eigenvalue weighted by molar-refractivity contribution is 0.0985. The second-order valence-electron chi connectivity index (χ2n) is 8.26. The van der Waals surface area contributed by atoms with Crippen LogP contribution in [-0.4, -0.2) is 36.7 Å². The number of aromatic nitrogens is 1. The normalized spacial score (nSPS) is 14.0. The summed E-state index contributed by atoms with van der Waals surface area (Å²) in [6.45, 7) is 0.352. The van der Waals surface area contributed by atoms with Gasteiger partial charge in [-0.15, -0.1) is 0 Å². The third kappa shape index (κ3) is 4.65. The SMILES string of the molecule is CN(C1CC1)S(=O)(=O)c1ccc(C(=O)N(Cc2ccccc2)c2nc3ccc(Br)cc3s2)cc1. The van der Waals surface area contributed by atoms with Gasteiger partial charge >= 0.3 is 0 Å². The Morgan fingerprint density at radius 1 is 1.06 bits per heavy atom. The highest BCUT2D eigenvalue weighted by Gasteiger charge is 2.35. The van der Waals surface area contributed by atoms with E-state index in [0.717, 1.165) is 33.1 Å². The van der Waals surface area contributed by atoms with E-state index < -0.39 is 10.0 Å². The number of thiazole rings is 1. The van der Waals surface area contributed by atoms with E-state index in [0.29, 0.717) is 17.2 Å². The Labute approximate surface area is 211 Å². The standard InChI is InChI=1S/C25H22BrN3O3S2/c1-28(20-10-11-20)34(31,32)21-12-7-18(8-13-21)24(30)29(16-17-5-3-2-4-6-17)25-27-22-14-9-19(26)15-23(22)33-25/h2-9,12-15,20H,10-11,16H2,1H3. The smallest absolute Gasteiger partial charge is 0.260 e. The molecule has 1 saturated carbocycles. The molecule has 0 radical (unpaired) electrons. The van der Waals surface area contributed by atoms with Crippen LogP contribution in [0.4, 0.5) is 5.13 Å². The zero-order valence-electron chi connectivity index (χ0n) is 18.4. The maximum absolute atomic E-state index is 13.6. The van der Waals surface area contributed by atoms with Crippen LogP contribution in [0.2, 0.25) is 0 Å². The van der Waals surface area contributed by atoms with Gasteiger partial charge in [-0.3, -0.25) is 9.69 Å². The Hall–Kier alpha value is -2.59. The Morgan fingerprint density at radius 2 is 1.76 bits per heavy atom. The average molecular weight is 557 g/mol. The first-order valence-electron chi connectivity index (χ1n) is 10.8. The fourth-order valence-electron chi connectivity index (χ4n) is 3.72. The van der Waals surface area contributed by atoms with E-state index in [4.69, 9.17) is 4.98 Å². The summed E-state index contributed by atoms with van der Waals surface area (Å²) < 4.78 is 29.0. The largest absolute Gasteiger partial charge is 0.279 e. The number of sulfonamides is 1. The first-order chi connectivity index (χ1) is 16.3. The molecule has 0 unspecified atom stereocenters. The molecule has 1 amide bonds. The molecule has 0 saturated heterocycles. The van der Waals surface area contributed by atoms with Gasteiger partial charge in [0.25, 0.3) is 5.91 Å². The third-order valence-electron chi connectivity index (χ3n) is 5.84. The summed E-state index contributed by atoms with van der Waals surface area (Å²) in [5.74, 6) is -0.235. The van der Waals surface area contributed by atoms with Crippen LogP contribution >= 0.6 is 27.3 Å². The fourth-order valence-corrected chi connectivity index (χ4v) is 6.65. The minimum absolute atomic E-state index is 0.0757. The minimum atomic E-state index is -3.57. The molecule has 34 heavy (non-hydrogen) atoms. The zero-order chi connectivity index (χ0) is 23.9. The van der Waals surface area contributed by atoms with Gasteiger partial charge in [0.15, 0.2) is 5.13 Å². The lowest BCUT2D eigenvalue weighted by Gasteiger charge is -2.21. The van der Waals surface area contributed by atoms with Crippen molar-refractivity contribution in [2.75, 3.05) is 11.9 Å². The van der Waals surface area contributed by atoms with Crippen molar-refractivity contribution >= 4 is 58.5 Å². The van der Waals surface area contributed by atoms with Crippen molar-refractivity contribution in [2.45, 2.75) is 30.3 Å². The summed E-state index contributed by atoms with van der Waals surface area (Å²) in [7, 11) is -1.96. The first kappa shape index (κ1) is 23.2. The van der Waals surface area contributed by atoms with E-state index >= 15 is 0 Å². The summed E-state index contributed by atoms with van der Waals surface area (Å²) in [6.07, 6.45) is 1.78. The van der Waals surface area contributed by atoms with Crippen molar-refractivity contribution in [1.29, 1.82) is 0 Å². The van der Waals surface area contributed by atoms with Crippen molar-refractivity contribution in [3.8, 4) is 0 Å². The van der Waals surface area contributed by atoms with Gasteiger partial charge in [-0.05, 0) is 60.9 Å². The van der Waals surface area contributed by atoms with Gasteiger partial charge < -0.3 is 0 Å². The number of rotatable bonds is 7. The van der Waals surface area contributed by atoms with E-state index in [1.54, 1.807) is 24.1 Å². The first-order valence-corrected chi connectivity index (χ1v) is 13.9. The van der Waals surface area contributed by atoms with E-state index in [1.807, 2.05) is 48.5 Å². The van der Waals surface area contributed by atoms with Gasteiger partial charge in [-0.25, -0.2) is 13.4 Å². The molecule has 0 bridgehead atoms. The van der Waals surface area contributed by atoms with Crippen LogP contribution in [0.15, 0.2) is 82.2 Å². The third-order valence-corrected chi connectivity index (χ3v) is 9.30. The Kier molecular flexibility index (Phi) is 6.28. The molecule has 174 valence electrons.